The van der Waals surface area contributed by atoms with Gasteiger partial charge in [0.15, 0.2) is 0 Å². The van der Waals surface area contributed by atoms with Crippen molar-refractivity contribution in [3.63, 3.8) is 0 Å². The van der Waals surface area contributed by atoms with Crippen LogP contribution < -0.4 is 0 Å². The van der Waals surface area contributed by atoms with Crippen LogP contribution >= 0.6 is 0 Å². The molecule has 1 amide bonds. The van der Waals surface area contributed by atoms with Crippen molar-refractivity contribution >= 4 is 11.9 Å². The zero-order valence-electron chi connectivity index (χ0n) is 14.2. The van der Waals surface area contributed by atoms with E-state index in [1.165, 1.54) is 11.1 Å². The summed E-state index contributed by atoms with van der Waals surface area (Å²) >= 11 is 0. The molecule has 5 nitrogen and oxygen atoms in total. The van der Waals surface area contributed by atoms with E-state index in [4.69, 9.17) is 5.11 Å². The van der Waals surface area contributed by atoms with Gasteiger partial charge in [0.25, 0.3) is 0 Å². The molecule has 1 aromatic carbocycles. The lowest BCUT2D eigenvalue weighted by atomic mass is 10.0. The SMILES string of the molecule is Cc1ccc(CC(=O)N2CCN(C(C)CC(=O)O)CC2)cc1C. The summed E-state index contributed by atoms with van der Waals surface area (Å²) in [6.07, 6.45) is 0.586. The van der Waals surface area contributed by atoms with E-state index in [9.17, 15) is 9.59 Å². The molecule has 0 aromatic heterocycles. The van der Waals surface area contributed by atoms with E-state index in [0.717, 1.165) is 18.7 Å². The van der Waals surface area contributed by atoms with Crippen LogP contribution in [0.4, 0.5) is 0 Å². The lowest BCUT2D eigenvalue weighted by molar-refractivity contribution is -0.139. The number of aliphatic carboxylic acids is 1. The molecule has 0 aliphatic carbocycles. The third kappa shape index (κ3) is 4.79. The Morgan fingerprint density at radius 2 is 1.78 bits per heavy atom. The van der Waals surface area contributed by atoms with Crippen LogP contribution in [0, 0.1) is 13.8 Å². The Balaban J connectivity index is 1.86. The Hall–Kier alpha value is -1.88. The second kappa shape index (κ2) is 7.59. The smallest absolute Gasteiger partial charge is 0.304 e. The van der Waals surface area contributed by atoms with E-state index in [0.29, 0.717) is 19.5 Å². The number of nitrogens with zero attached hydrogens (tertiary/aromatic N) is 2. The summed E-state index contributed by atoms with van der Waals surface area (Å²) in [6.45, 7) is 8.90. The van der Waals surface area contributed by atoms with Gasteiger partial charge in [-0.25, -0.2) is 0 Å². The number of carbonyl (C=O) groups is 2. The van der Waals surface area contributed by atoms with Crippen LogP contribution in [0.1, 0.15) is 30.0 Å². The molecule has 0 saturated carbocycles. The summed E-state index contributed by atoms with van der Waals surface area (Å²) in [4.78, 5) is 27.3. The number of rotatable bonds is 5. The summed E-state index contributed by atoms with van der Waals surface area (Å²) in [7, 11) is 0. The van der Waals surface area contributed by atoms with E-state index >= 15 is 0 Å². The molecule has 1 saturated heterocycles. The normalized spacial score (nSPS) is 17.1. The van der Waals surface area contributed by atoms with Gasteiger partial charge in [-0.15, -0.1) is 0 Å². The number of hydrogen-bond acceptors (Lipinski definition) is 3. The molecule has 1 aliphatic heterocycles. The molecule has 1 heterocycles. The van der Waals surface area contributed by atoms with Crippen molar-refractivity contribution in [1.82, 2.24) is 9.80 Å². The van der Waals surface area contributed by atoms with Crippen molar-refractivity contribution in [3.8, 4) is 0 Å². The minimum absolute atomic E-state index is 0.0181. The van der Waals surface area contributed by atoms with Crippen LogP contribution in [0.3, 0.4) is 0 Å². The van der Waals surface area contributed by atoms with Gasteiger partial charge in [-0.05, 0) is 37.5 Å². The average Bonchev–Trinajstić information content (AvgIpc) is 2.50. The first-order valence-electron chi connectivity index (χ1n) is 8.16. The quantitative estimate of drug-likeness (QED) is 0.900. The van der Waals surface area contributed by atoms with Gasteiger partial charge in [0.2, 0.25) is 5.91 Å². The zero-order chi connectivity index (χ0) is 17.0. The van der Waals surface area contributed by atoms with Crippen LogP contribution in [0.15, 0.2) is 18.2 Å². The predicted octanol–water partition coefficient (Wildman–Crippen LogP) is 1.85. The van der Waals surface area contributed by atoms with Crippen LogP contribution in [0.5, 0.6) is 0 Å². The van der Waals surface area contributed by atoms with Gasteiger partial charge < -0.3 is 10.0 Å². The van der Waals surface area contributed by atoms with Gasteiger partial charge in [0, 0.05) is 32.2 Å². The summed E-state index contributed by atoms with van der Waals surface area (Å²) < 4.78 is 0. The molecule has 2 rings (SSSR count). The lowest BCUT2D eigenvalue weighted by Gasteiger charge is -2.37. The van der Waals surface area contributed by atoms with Crippen LogP contribution in [-0.2, 0) is 16.0 Å². The lowest BCUT2D eigenvalue weighted by Crippen LogP contribution is -2.52. The van der Waals surface area contributed by atoms with Crippen molar-refractivity contribution < 1.29 is 14.7 Å². The maximum Gasteiger partial charge on any atom is 0.304 e. The fraction of sp³-hybridized carbons (Fsp3) is 0.556. The van der Waals surface area contributed by atoms with Crippen molar-refractivity contribution in [3.05, 3.63) is 34.9 Å². The Morgan fingerprint density at radius 3 is 2.35 bits per heavy atom. The summed E-state index contributed by atoms with van der Waals surface area (Å²) in [5, 5.41) is 8.87. The summed E-state index contributed by atoms with van der Waals surface area (Å²) in [6, 6.07) is 6.18. The zero-order valence-corrected chi connectivity index (χ0v) is 14.2. The Labute approximate surface area is 137 Å². The molecule has 1 atom stereocenters. The van der Waals surface area contributed by atoms with E-state index in [1.807, 2.05) is 17.9 Å². The standard InChI is InChI=1S/C18H26N2O3/c1-13-4-5-16(10-14(13)2)12-17(21)20-8-6-19(7-9-20)15(3)11-18(22)23/h4-5,10,15H,6-9,11-12H2,1-3H3,(H,22,23). The molecular weight excluding hydrogens is 292 g/mol. The Kier molecular flexibility index (Phi) is 5.77. The molecule has 0 radical (unpaired) electrons. The second-order valence-corrected chi connectivity index (χ2v) is 6.46. The van der Waals surface area contributed by atoms with Gasteiger partial charge in [0.05, 0.1) is 12.8 Å². The molecule has 0 bridgehead atoms. The largest absolute Gasteiger partial charge is 0.481 e. The Bertz CT molecular complexity index is 578. The van der Waals surface area contributed by atoms with Gasteiger partial charge in [-0.3, -0.25) is 14.5 Å². The fourth-order valence-electron chi connectivity index (χ4n) is 2.99. The number of piperazine rings is 1. The molecule has 1 unspecified atom stereocenters. The first kappa shape index (κ1) is 17.5. The van der Waals surface area contributed by atoms with Gasteiger partial charge in [0.1, 0.15) is 0 Å². The third-order valence-corrected chi connectivity index (χ3v) is 4.69. The number of benzene rings is 1. The fourth-order valence-corrected chi connectivity index (χ4v) is 2.99. The monoisotopic (exact) mass is 318 g/mol. The number of amides is 1. The molecule has 126 valence electrons. The first-order chi connectivity index (χ1) is 10.9. The molecule has 0 spiro atoms. The van der Waals surface area contributed by atoms with Gasteiger partial charge in [-0.1, -0.05) is 18.2 Å². The molecule has 1 aliphatic rings. The van der Waals surface area contributed by atoms with Crippen molar-refractivity contribution in [1.29, 1.82) is 0 Å². The van der Waals surface area contributed by atoms with E-state index in [2.05, 4.69) is 30.9 Å². The minimum atomic E-state index is -0.772. The molecule has 1 N–H and O–H groups in total. The number of carbonyl (C=O) groups excluding carboxylic acids is 1. The highest BCUT2D eigenvalue weighted by atomic mass is 16.4. The average molecular weight is 318 g/mol. The maximum absolute atomic E-state index is 12.4. The Morgan fingerprint density at radius 1 is 1.13 bits per heavy atom. The molecule has 1 aromatic rings. The molecule has 23 heavy (non-hydrogen) atoms. The van der Waals surface area contributed by atoms with Crippen molar-refractivity contribution in [2.45, 2.75) is 39.7 Å². The van der Waals surface area contributed by atoms with Gasteiger partial charge >= 0.3 is 5.97 Å². The van der Waals surface area contributed by atoms with Gasteiger partial charge in [-0.2, -0.15) is 0 Å². The second-order valence-electron chi connectivity index (χ2n) is 6.46. The van der Waals surface area contributed by atoms with Crippen LogP contribution in [0.2, 0.25) is 0 Å². The van der Waals surface area contributed by atoms with Crippen LogP contribution in [-0.4, -0.2) is 59.0 Å². The highest BCUT2D eigenvalue weighted by Gasteiger charge is 2.25. The van der Waals surface area contributed by atoms with Crippen LogP contribution in [0.25, 0.3) is 0 Å². The topological polar surface area (TPSA) is 60.9 Å². The molecule has 5 heteroatoms. The molecule has 1 fully saturated rings. The highest BCUT2D eigenvalue weighted by molar-refractivity contribution is 5.79. The maximum atomic E-state index is 12.4. The minimum Gasteiger partial charge on any atom is -0.481 e. The third-order valence-electron chi connectivity index (χ3n) is 4.69. The first-order valence-corrected chi connectivity index (χ1v) is 8.16. The molecular formula is C18H26N2O3. The van der Waals surface area contributed by atoms with Crippen molar-refractivity contribution in [2.24, 2.45) is 0 Å². The van der Waals surface area contributed by atoms with Crippen molar-refractivity contribution in [2.75, 3.05) is 26.2 Å². The van der Waals surface area contributed by atoms with E-state index < -0.39 is 5.97 Å². The summed E-state index contributed by atoms with van der Waals surface area (Å²) in [5.41, 5.74) is 3.50. The highest BCUT2D eigenvalue weighted by Crippen LogP contribution is 2.13. The number of aryl methyl sites for hydroxylation is 2. The van der Waals surface area contributed by atoms with E-state index in [1.54, 1.807) is 0 Å². The number of hydrogen-bond donors (Lipinski definition) is 1. The van der Waals surface area contributed by atoms with E-state index in [-0.39, 0.29) is 18.4 Å². The number of carboxylic acids is 1. The predicted molar refractivity (Wildman–Crippen MR) is 89.5 cm³/mol. The summed E-state index contributed by atoms with van der Waals surface area (Å²) in [5.74, 6) is -0.621. The number of carboxylic acid groups (broad SMARTS) is 1.